The molecule has 1 aliphatic rings. The first-order valence-electron chi connectivity index (χ1n) is 7.07. The lowest BCUT2D eigenvalue weighted by molar-refractivity contribution is 0.0964. The lowest BCUT2D eigenvalue weighted by atomic mass is 10.1. The van der Waals surface area contributed by atoms with E-state index in [0.29, 0.717) is 34.3 Å². The van der Waals surface area contributed by atoms with Gasteiger partial charge in [0.15, 0.2) is 5.78 Å². The van der Waals surface area contributed by atoms with Crippen LogP contribution in [0.4, 0.5) is 10.7 Å². The summed E-state index contributed by atoms with van der Waals surface area (Å²) >= 11 is 1.26. The standard InChI is InChI=1S/C14H21N3O3S/c1-3-9(18)12-11(15)10(13(19)16-2)14(21-12)17-6-8-4-5-20-7-8/h8,17H,3-7,15H2,1-2H3,(H,16,19). The van der Waals surface area contributed by atoms with Gasteiger partial charge in [-0.05, 0) is 6.42 Å². The van der Waals surface area contributed by atoms with Crippen LogP contribution in [0.15, 0.2) is 0 Å². The molecule has 1 fully saturated rings. The van der Waals surface area contributed by atoms with Crippen molar-refractivity contribution >= 4 is 33.7 Å². The Kier molecular flexibility index (Phi) is 5.19. The minimum absolute atomic E-state index is 0.0418. The number of rotatable bonds is 6. The van der Waals surface area contributed by atoms with Crippen molar-refractivity contribution < 1.29 is 14.3 Å². The fourth-order valence-corrected chi connectivity index (χ4v) is 3.40. The van der Waals surface area contributed by atoms with Gasteiger partial charge in [-0.15, -0.1) is 11.3 Å². The summed E-state index contributed by atoms with van der Waals surface area (Å²) in [5.74, 6) is 0.111. The zero-order valence-corrected chi connectivity index (χ0v) is 13.1. The van der Waals surface area contributed by atoms with Crippen LogP contribution >= 0.6 is 11.3 Å². The molecular weight excluding hydrogens is 290 g/mol. The van der Waals surface area contributed by atoms with E-state index in [9.17, 15) is 9.59 Å². The zero-order valence-electron chi connectivity index (χ0n) is 12.3. The Labute approximate surface area is 128 Å². The molecule has 1 saturated heterocycles. The first kappa shape index (κ1) is 15.8. The van der Waals surface area contributed by atoms with E-state index in [2.05, 4.69) is 10.6 Å². The lowest BCUT2D eigenvalue weighted by Gasteiger charge is -2.10. The Bertz CT molecular complexity index is 536. The topological polar surface area (TPSA) is 93.4 Å². The van der Waals surface area contributed by atoms with E-state index in [1.165, 1.54) is 11.3 Å². The third-order valence-electron chi connectivity index (χ3n) is 3.55. The second-order valence-corrected chi connectivity index (χ2v) is 6.04. The summed E-state index contributed by atoms with van der Waals surface area (Å²) in [6.07, 6.45) is 1.37. The van der Waals surface area contributed by atoms with Crippen molar-refractivity contribution in [2.45, 2.75) is 19.8 Å². The highest BCUT2D eigenvalue weighted by molar-refractivity contribution is 7.19. The van der Waals surface area contributed by atoms with Crippen molar-refractivity contribution in [3.63, 3.8) is 0 Å². The van der Waals surface area contributed by atoms with Crippen LogP contribution < -0.4 is 16.4 Å². The normalized spacial score (nSPS) is 17.7. The van der Waals surface area contributed by atoms with Gasteiger partial charge >= 0.3 is 0 Å². The van der Waals surface area contributed by atoms with Gasteiger partial charge < -0.3 is 21.1 Å². The van der Waals surface area contributed by atoms with Crippen molar-refractivity contribution in [1.82, 2.24) is 5.32 Å². The Hall–Kier alpha value is -1.60. The minimum atomic E-state index is -0.274. The van der Waals surface area contributed by atoms with E-state index in [0.717, 1.165) is 19.6 Å². The third kappa shape index (κ3) is 3.36. The number of nitrogens with one attached hydrogen (secondary N) is 2. The summed E-state index contributed by atoms with van der Waals surface area (Å²) in [7, 11) is 1.55. The molecule has 0 aromatic carbocycles. The molecule has 6 nitrogen and oxygen atoms in total. The number of Topliss-reactive ketones (excluding diaryl/α,β-unsaturated/α-hetero) is 1. The molecule has 2 heterocycles. The van der Waals surface area contributed by atoms with Crippen LogP contribution in [-0.2, 0) is 4.74 Å². The molecule has 7 heteroatoms. The van der Waals surface area contributed by atoms with E-state index in [1.54, 1.807) is 14.0 Å². The number of nitrogen functional groups attached to an aromatic ring is 1. The van der Waals surface area contributed by atoms with Gasteiger partial charge in [-0.2, -0.15) is 0 Å². The summed E-state index contributed by atoms with van der Waals surface area (Å²) in [4.78, 5) is 24.4. The predicted octanol–water partition coefficient (Wildman–Crippen LogP) is 1.73. The average Bonchev–Trinajstić information content (AvgIpc) is 3.11. The number of amides is 1. The molecule has 1 atom stereocenters. The van der Waals surface area contributed by atoms with Crippen molar-refractivity contribution in [2.75, 3.05) is 37.9 Å². The summed E-state index contributed by atoms with van der Waals surface area (Å²) in [6, 6.07) is 0. The molecular formula is C14H21N3O3S. The molecule has 2 rings (SSSR count). The highest BCUT2D eigenvalue weighted by Crippen LogP contribution is 2.36. The van der Waals surface area contributed by atoms with E-state index in [-0.39, 0.29) is 17.4 Å². The number of carbonyl (C=O) groups excluding carboxylic acids is 2. The van der Waals surface area contributed by atoms with Gasteiger partial charge in [-0.3, -0.25) is 9.59 Å². The molecule has 0 radical (unpaired) electrons. The molecule has 4 N–H and O–H groups in total. The molecule has 116 valence electrons. The second-order valence-electron chi connectivity index (χ2n) is 5.02. The van der Waals surface area contributed by atoms with Crippen LogP contribution in [0.2, 0.25) is 0 Å². The van der Waals surface area contributed by atoms with Crippen LogP contribution in [0.25, 0.3) is 0 Å². The number of ketones is 1. The predicted molar refractivity (Wildman–Crippen MR) is 84.2 cm³/mol. The number of carbonyl (C=O) groups is 2. The molecule has 0 saturated carbocycles. The first-order valence-corrected chi connectivity index (χ1v) is 7.89. The number of thiophene rings is 1. The zero-order chi connectivity index (χ0) is 15.4. The van der Waals surface area contributed by atoms with Crippen molar-refractivity contribution in [3.05, 3.63) is 10.4 Å². The SMILES string of the molecule is CCC(=O)c1sc(NCC2CCOC2)c(C(=O)NC)c1N. The molecule has 1 amide bonds. The van der Waals surface area contributed by atoms with Crippen LogP contribution in [-0.4, -0.2) is 38.5 Å². The van der Waals surface area contributed by atoms with Crippen molar-refractivity contribution in [3.8, 4) is 0 Å². The summed E-state index contributed by atoms with van der Waals surface area (Å²) < 4.78 is 5.33. The van der Waals surface area contributed by atoms with Gasteiger partial charge in [0.05, 0.1) is 22.7 Å². The maximum absolute atomic E-state index is 12.0. The Morgan fingerprint density at radius 1 is 1.48 bits per heavy atom. The number of nitrogens with two attached hydrogens (primary N) is 1. The molecule has 1 unspecified atom stereocenters. The largest absolute Gasteiger partial charge is 0.397 e. The molecule has 1 aromatic heterocycles. The van der Waals surface area contributed by atoms with E-state index in [1.807, 2.05) is 0 Å². The second kappa shape index (κ2) is 6.91. The maximum atomic E-state index is 12.0. The highest BCUT2D eigenvalue weighted by Gasteiger charge is 2.25. The maximum Gasteiger partial charge on any atom is 0.256 e. The Balaban J connectivity index is 2.24. The van der Waals surface area contributed by atoms with E-state index < -0.39 is 0 Å². The Morgan fingerprint density at radius 2 is 2.24 bits per heavy atom. The number of hydrogen-bond acceptors (Lipinski definition) is 6. The highest BCUT2D eigenvalue weighted by atomic mass is 32.1. The van der Waals surface area contributed by atoms with Gasteiger partial charge in [0.2, 0.25) is 0 Å². The fraction of sp³-hybridized carbons (Fsp3) is 0.571. The van der Waals surface area contributed by atoms with Gasteiger partial charge in [0, 0.05) is 32.5 Å². The van der Waals surface area contributed by atoms with Crippen molar-refractivity contribution in [1.29, 1.82) is 0 Å². The summed E-state index contributed by atoms with van der Waals surface area (Å²) in [5.41, 5.74) is 6.65. The minimum Gasteiger partial charge on any atom is -0.397 e. The molecule has 0 aliphatic carbocycles. The number of ether oxygens (including phenoxy) is 1. The summed E-state index contributed by atoms with van der Waals surface area (Å²) in [5, 5.41) is 6.49. The molecule has 1 aliphatic heterocycles. The Morgan fingerprint density at radius 3 is 2.81 bits per heavy atom. The summed E-state index contributed by atoms with van der Waals surface area (Å²) in [6.45, 7) is 4.00. The van der Waals surface area contributed by atoms with Gasteiger partial charge in [0.25, 0.3) is 5.91 Å². The van der Waals surface area contributed by atoms with Gasteiger partial charge in [-0.1, -0.05) is 6.92 Å². The van der Waals surface area contributed by atoms with Gasteiger partial charge in [-0.25, -0.2) is 0 Å². The molecule has 1 aromatic rings. The third-order valence-corrected chi connectivity index (χ3v) is 4.75. The van der Waals surface area contributed by atoms with Crippen LogP contribution in [0.1, 0.15) is 39.8 Å². The smallest absolute Gasteiger partial charge is 0.256 e. The van der Waals surface area contributed by atoms with Crippen LogP contribution in [0.3, 0.4) is 0 Å². The van der Waals surface area contributed by atoms with Gasteiger partial charge in [0.1, 0.15) is 5.00 Å². The fourth-order valence-electron chi connectivity index (χ4n) is 2.27. The molecule has 0 spiro atoms. The van der Waals surface area contributed by atoms with Crippen LogP contribution in [0.5, 0.6) is 0 Å². The van der Waals surface area contributed by atoms with Crippen LogP contribution in [0, 0.1) is 5.92 Å². The molecule has 21 heavy (non-hydrogen) atoms. The van der Waals surface area contributed by atoms with Crippen molar-refractivity contribution in [2.24, 2.45) is 5.92 Å². The molecule has 0 bridgehead atoms. The first-order chi connectivity index (χ1) is 10.1. The quantitative estimate of drug-likeness (QED) is 0.696. The number of hydrogen-bond donors (Lipinski definition) is 3. The van der Waals surface area contributed by atoms with E-state index >= 15 is 0 Å². The number of anilines is 2. The van der Waals surface area contributed by atoms with E-state index in [4.69, 9.17) is 10.5 Å². The average molecular weight is 311 g/mol. The lowest BCUT2D eigenvalue weighted by Crippen LogP contribution is -2.21. The monoisotopic (exact) mass is 311 g/mol.